The Kier molecular flexibility index (Phi) is 3.73. The maximum absolute atomic E-state index is 13.3. The maximum atomic E-state index is 13.3. The van der Waals surface area contributed by atoms with E-state index < -0.39 is 5.82 Å². The topological polar surface area (TPSA) is 53.1 Å². The first-order chi connectivity index (χ1) is 10.6. The molecule has 1 heterocycles. The predicted molar refractivity (Wildman–Crippen MR) is 84.9 cm³/mol. The van der Waals surface area contributed by atoms with Gasteiger partial charge >= 0.3 is 0 Å². The summed E-state index contributed by atoms with van der Waals surface area (Å²) in [6.45, 7) is 0. The molecule has 0 radical (unpaired) electrons. The van der Waals surface area contributed by atoms with Gasteiger partial charge in [-0.2, -0.15) is 5.10 Å². The van der Waals surface area contributed by atoms with Crippen molar-refractivity contribution in [3.05, 3.63) is 59.4 Å². The molecular weight excluding hydrogens is 305 g/mol. The summed E-state index contributed by atoms with van der Waals surface area (Å²) in [6, 6.07) is 13.6. The zero-order chi connectivity index (χ0) is 15.7. The van der Waals surface area contributed by atoms with Crippen LogP contribution in [0.1, 0.15) is 0 Å². The fourth-order valence-electron chi connectivity index (χ4n) is 2.12. The van der Waals surface area contributed by atoms with Crippen molar-refractivity contribution in [2.75, 3.05) is 12.8 Å². The molecule has 2 N–H and O–H groups in total. The van der Waals surface area contributed by atoms with Crippen LogP contribution in [0, 0.1) is 5.82 Å². The summed E-state index contributed by atoms with van der Waals surface area (Å²) in [5.41, 5.74) is 8.21. The highest BCUT2D eigenvalue weighted by Gasteiger charge is 2.10. The number of nitrogen functional groups attached to an aromatic ring is 1. The average molecular weight is 318 g/mol. The summed E-state index contributed by atoms with van der Waals surface area (Å²) < 4.78 is 19.9. The van der Waals surface area contributed by atoms with Crippen LogP contribution in [0.25, 0.3) is 16.9 Å². The Morgan fingerprint density at radius 2 is 1.86 bits per heavy atom. The molecule has 1 aromatic heterocycles. The highest BCUT2D eigenvalue weighted by atomic mass is 35.5. The van der Waals surface area contributed by atoms with Crippen molar-refractivity contribution in [3.8, 4) is 22.7 Å². The molecule has 0 saturated carbocycles. The molecule has 0 spiro atoms. The van der Waals surface area contributed by atoms with Gasteiger partial charge in [-0.05, 0) is 42.5 Å². The fourth-order valence-corrected chi connectivity index (χ4v) is 2.30. The van der Waals surface area contributed by atoms with E-state index in [0.717, 1.165) is 11.3 Å². The Bertz CT molecular complexity index is 815. The minimum Gasteiger partial charge on any atom is -0.497 e. The largest absolute Gasteiger partial charge is 0.497 e. The van der Waals surface area contributed by atoms with E-state index >= 15 is 0 Å². The van der Waals surface area contributed by atoms with Crippen LogP contribution < -0.4 is 10.5 Å². The number of rotatable bonds is 3. The van der Waals surface area contributed by atoms with Gasteiger partial charge < -0.3 is 10.5 Å². The van der Waals surface area contributed by atoms with Crippen LogP contribution >= 0.6 is 11.6 Å². The number of halogens is 2. The number of hydrogen-bond donors (Lipinski definition) is 1. The van der Waals surface area contributed by atoms with Gasteiger partial charge in [0.25, 0.3) is 0 Å². The van der Waals surface area contributed by atoms with Crippen molar-refractivity contribution in [2.45, 2.75) is 0 Å². The molecule has 0 aliphatic rings. The first kappa shape index (κ1) is 14.4. The molecule has 2 aromatic carbocycles. The standard InChI is InChI=1S/C16H13ClFN3O/c1-22-12-5-2-10(3-6-12)15-9-16(19)21(20-15)11-4-7-14(18)13(17)8-11/h2-9H,19H2,1H3. The third-order valence-electron chi connectivity index (χ3n) is 3.27. The zero-order valence-corrected chi connectivity index (χ0v) is 12.5. The van der Waals surface area contributed by atoms with Crippen molar-refractivity contribution < 1.29 is 9.13 Å². The number of ether oxygens (including phenoxy) is 1. The Morgan fingerprint density at radius 1 is 1.14 bits per heavy atom. The summed E-state index contributed by atoms with van der Waals surface area (Å²) in [5.74, 6) is 0.724. The van der Waals surface area contributed by atoms with Gasteiger partial charge in [0.05, 0.1) is 23.5 Å². The fraction of sp³-hybridized carbons (Fsp3) is 0.0625. The SMILES string of the molecule is COc1ccc(-c2cc(N)n(-c3ccc(F)c(Cl)c3)n2)cc1. The third-order valence-corrected chi connectivity index (χ3v) is 3.56. The number of methoxy groups -OCH3 is 1. The number of anilines is 1. The smallest absolute Gasteiger partial charge is 0.141 e. The number of hydrogen-bond acceptors (Lipinski definition) is 3. The van der Waals surface area contributed by atoms with Gasteiger partial charge in [-0.1, -0.05) is 11.6 Å². The summed E-state index contributed by atoms with van der Waals surface area (Å²) in [7, 11) is 1.61. The van der Waals surface area contributed by atoms with E-state index in [4.69, 9.17) is 22.1 Å². The number of nitrogens with zero attached hydrogens (tertiary/aromatic N) is 2. The van der Waals surface area contributed by atoms with Gasteiger partial charge in [-0.3, -0.25) is 0 Å². The van der Waals surface area contributed by atoms with Crippen LogP contribution in [0.5, 0.6) is 5.75 Å². The second-order valence-electron chi connectivity index (χ2n) is 4.69. The van der Waals surface area contributed by atoms with Gasteiger partial charge in [-0.25, -0.2) is 9.07 Å². The van der Waals surface area contributed by atoms with Crippen LogP contribution in [-0.2, 0) is 0 Å². The van der Waals surface area contributed by atoms with Crippen LogP contribution in [0.2, 0.25) is 5.02 Å². The molecule has 0 aliphatic heterocycles. The van der Waals surface area contributed by atoms with E-state index in [1.165, 1.54) is 16.8 Å². The minimum atomic E-state index is -0.480. The maximum Gasteiger partial charge on any atom is 0.141 e. The second-order valence-corrected chi connectivity index (χ2v) is 5.10. The van der Waals surface area contributed by atoms with Crippen LogP contribution in [0.4, 0.5) is 10.2 Å². The van der Waals surface area contributed by atoms with Gasteiger partial charge in [0.15, 0.2) is 0 Å². The van der Waals surface area contributed by atoms with Gasteiger partial charge in [0.2, 0.25) is 0 Å². The predicted octanol–water partition coefficient (Wildman–Crippen LogP) is 3.92. The third kappa shape index (κ3) is 2.63. The van der Waals surface area contributed by atoms with Crippen molar-refractivity contribution in [1.29, 1.82) is 0 Å². The minimum absolute atomic E-state index is 0.0263. The monoisotopic (exact) mass is 317 g/mol. The Hall–Kier alpha value is -2.53. The lowest BCUT2D eigenvalue weighted by Crippen LogP contribution is -2.01. The molecule has 0 bridgehead atoms. The van der Waals surface area contributed by atoms with Gasteiger partial charge in [0.1, 0.15) is 17.4 Å². The molecule has 0 saturated heterocycles. The normalized spacial score (nSPS) is 10.7. The molecule has 0 amide bonds. The first-order valence-electron chi connectivity index (χ1n) is 6.54. The number of nitrogens with two attached hydrogens (primary N) is 1. The van der Waals surface area contributed by atoms with Gasteiger partial charge in [-0.15, -0.1) is 0 Å². The molecule has 22 heavy (non-hydrogen) atoms. The Morgan fingerprint density at radius 3 is 2.50 bits per heavy atom. The average Bonchev–Trinajstić information content (AvgIpc) is 2.92. The summed E-state index contributed by atoms with van der Waals surface area (Å²) in [4.78, 5) is 0. The van der Waals surface area contributed by atoms with E-state index in [2.05, 4.69) is 5.10 Å². The summed E-state index contributed by atoms with van der Waals surface area (Å²) in [6.07, 6.45) is 0. The zero-order valence-electron chi connectivity index (χ0n) is 11.8. The van der Waals surface area contributed by atoms with E-state index in [1.807, 2.05) is 24.3 Å². The Labute approximate surface area is 131 Å². The molecule has 4 nitrogen and oxygen atoms in total. The molecule has 0 aliphatic carbocycles. The molecule has 6 heteroatoms. The molecular formula is C16H13ClFN3O. The van der Waals surface area contributed by atoms with E-state index in [1.54, 1.807) is 19.2 Å². The van der Waals surface area contributed by atoms with Crippen LogP contribution in [-0.4, -0.2) is 16.9 Å². The molecule has 0 atom stereocenters. The first-order valence-corrected chi connectivity index (χ1v) is 6.91. The lowest BCUT2D eigenvalue weighted by Gasteiger charge is -2.05. The van der Waals surface area contributed by atoms with E-state index in [0.29, 0.717) is 17.2 Å². The molecule has 0 fully saturated rings. The van der Waals surface area contributed by atoms with Gasteiger partial charge in [0, 0.05) is 11.6 Å². The molecule has 3 aromatic rings. The van der Waals surface area contributed by atoms with Crippen LogP contribution in [0.15, 0.2) is 48.5 Å². The van der Waals surface area contributed by atoms with E-state index in [-0.39, 0.29) is 5.02 Å². The molecule has 0 unspecified atom stereocenters. The second kappa shape index (κ2) is 5.69. The van der Waals surface area contributed by atoms with E-state index in [9.17, 15) is 4.39 Å². The molecule has 3 rings (SSSR count). The highest BCUT2D eigenvalue weighted by Crippen LogP contribution is 2.26. The quantitative estimate of drug-likeness (QED) is 0.796. The summed E-state index contributed by atoms with van der Waals surface area (Å²) >= 11 is 5.80. The highest BCUT2D eigenvalue weighted by molar-refractivity contribution is 6.30. The molecule has 112 valence electrons. The van der Waals surface area contributed by atoms with Crippen LogP contribution in [0.3, 0.4) is 0 Å². The lowest BCUT2D eigenvalue weighted by atomic mass is 10.1. The van der Waals surface area contributed by atoms with Crippen molar-refractivity contribution in [2.24, 2.45) is 0 Å². The van der Waals surface area contributed by atoms with Crippen molar-refractivity contribution >= 4 is 17.4 Å². The lowest BCUT2D eigenvalue weighted by molar-refractivity contribution is 0.415. The summed E-state index contributed by atoms with van der Waals surface area (Å²) in [5, 5.41) is 4.47. The Balaban J connectivity index is 2.00. The van der Waals surface area contributed by atoms with Crippen molar-refractivity contribution in [3.63, 3.8) is 0 Å². The van der Waals surface area contributed by atoms with Crippen molar-refractivity contribution in [1.82, 2.24) is 9.78 Å². The number of aromatic nitrogens is 2. The number of benzene rings is 2.